The molecule has 3 nitrogen and oxygen atoms in total. The molecular formula is C8H10ClNO2. The van der Waals surface area contributed by atoms with Gasteiger partial charge in [-0.1, -0.05) is 0 Å². The van der Waals surface area contributed by atoms with Crippen molar-refractivity contribution in [1.29, 1.82) is 0 Å². The Morgan fingerprint density at radius 2 is 2.42 bits per heavy atom. The molecule has 0 saturated carbocycles. The Hall–Kier alpha value is -0.510. The molecule has 1 aromatic rings. The smallest absolute Gasteiger partial charge is 0.193 e. The maximum atomic E-state index is 5.63. The molecule has 1 saturated heterocycles. The van der Waals surface area contributed by atoms with E-state index in [1.165, 1.54) is 0 Å². The van der Waals surface area contributed by atoms with Gasteiger partial charge in [0.25, 0.3) is 0 Å². The zero-order valence-corrected chi connectivity index (χ0v) is 7.30. The van der Waals surface area contributed by atoms with E-state index in [1.807, 2.05) is 6.07 Å². The quantitative estimate of drug-likeness (QED) is 0.730. The number of hydrogen-bond donors (Lipinski definition) is 1. The van der Waals surface area contributed by atoms with Crippen LogP contribution in [0.2, 0.25) is 5.22 Å². The average molecular weight is 188 g/mol. The Balaban J connectivity index is 2.08. The van der Waals surface area contributed by atoms with Crippen LogP contribution in [0.5, 0.6) is 0 Å². The fourth-order valence-corrected chi connectivity index (χ4v) is 1.37. The molecule has 1 unspecified atom stereocenters. The summed E-state index contributed by atoms with van der Waals surface area (Å²) in [6.45, 7) is 1.74. The van der Waals surface area contributed by atoms with Gasteiger partial charge < -0.3 is 9.15 Å². The summed E-state index contributed by atoms with van der Waals surface area (Å²) in [4.78, 5) is 0. The van der Waals surface area contributed by atoms with E-state index in [2.05, 4.69) is 5.32 Å². The van der Waals surface area contributed by atoms with Crippen LogP contribution in [0.25, 0.3) is 0 Å². The molecule has 0 amide bonds. The van der Waals surface area contributed by atoms with E-state index in [9.17, 15) is 0 Å². The van der Waals surface area contributed by atoms with E-state index in [1.54, 1.807) is 6.07 Å². The van der Waals surface area contributed by atoms with Crippen molar-refractivity contribution in [2.75, 3.05) is 13.2 Å². The van der Waals surface area contributed by atoms with Gasteiger partial charge in [-0.3, -0.25) is 5.32 Å². The first-order valence-electron chi connectivity index (χ1n) is 3.96. The lowest BCUT2D eigenvalue weighted by atomic mass is 10.3. The summed E-state index contributed by atoms with van der Waals surface area (Å²) in [7, 11) is 0. The first kappa shape index (κ1) is 8.10. The van der Waals surface area contributed by atoms with Crippen molar-refractivity contribution in [3.05, 3.63) is 23.1 Å². The van der Waals surface area contributed by atoms with Gasteiger partial charge in [0.2, 0.25) is 0 Å². The van der Waals surface area contributed by atoms with Crippen LogP contribution >= 0.6 is 11.6 Å². The SMILES string of the molecule is Clc1ccc(C2NCCCO2)o1. The second-order valence-corrected chi connectivity index (χ2v) is 3.07. The van der Waals surface area contributed by atoms with Gasteiger partial charge in [0.1, 0.15) is 5.76 Å². The van der Waals surface area contributed by atoms with Crippen LogP contribution < -0.4 is 5.32 Å². The minimum atomic E-state index is -0.119. The van der Waals surface area contributed by atoms with Crippen molar-refractivity contribution in [1.82, 2.24) is 5.32 Å². The fraction of sp³-hybridized carbons (Fsp3) is 0.500. The molecular weight excluding hydrogens is 178 g/mol. The lowest BCUT2D eigenvalue weighted by Crippen LogP contribution is -2.30. The lowest BCUT2D eigenvalue weighted by molar-refractivity contribution is -0.0133. The van der Waals surface area contributed by atoms with Gasteiger partial charge in [0.05, 0.1) is 6.61 Å². The highest BCUT2D eigenvalue weighted by Crippen LogP contribution is 2.22. The molecule has 0 bridgehead atoms. The van der Waals surface area contributed by atoms with Gasteiger partial charge in [-0.15, -0.1) is 0 Å². The molecule has 1 atom stereocenters. The molecule has 0 aromatic carbocycles. The summed E-state index contributed by atoms with van der Waals surface area (Å²) in [5, 5.41) is 3.58. The van der Waals surface area contributed by atoms with Crippen molar-refractivity contribution in [3.8, 4) is 0 Å². The highest BCUT2D eigenvalue weighted by molar-refractivity contribution is 6.28. The van der Waals surface area contributed by atoms with Crippen LogP contribution in [0.3, 0.4) is 0 Å². The van der Waals surface area contributed by atoms with E-state index in [0.717, 1.165) is 25.3 Å². The third kappa shape index (κ3) is 1.63. The van der Waals surface area contributed by atoms with Crippen LogP contribution in [0, 0.1) is 0 Å². The average Bonchev–Trinajstić information content (AvgIpc) is 2.54. The molecule has 1 aliphatic rings. The van der Waals surface area contributed by atoms with Crippen LogP contribution in [0.1, 0.15) is 18.4 Å². The summed E-state index contributed by atoms with van der Waals surface area (Å²) in [6.07, 6.45) is 0.927. The summed E-state index contributed by atoms with van der Waals surface area (Å²) >= 11 is 5.63. The highest BCUT2D eigenvalue weighted by Gasteiger charge is 2.17. The van der Waals surface area contributed by atoms with Crippen molar-refractivity contribution in [2.45, 2.75) is 12.6 Å². The first-order valence-corrected chi connectivity index (χ1v) is 4.34. The maximum Gasteiger partial charge on any atom is 0.193 e. The normalized spacial score (nSPS) is 24.2. The molecule has 0 radical (unpaired) electrons. The number of rotatable bonds is 1. The monoisotopic (exact) mass is 187 g/mol. The molecule has 0 spiro atoms. The molecule has 0 aliphatic carbocycles. The van der Waals surface area contributed by atoms with Gasteiger partial charge >= 0.3 is 0 Å². The summed E-state index contributed by atoms with van der Waals surface area (Å²) in [5.41, 5.74) is 0. The van der Waals surface area contributed by atoms with Crippen LogP contribution in [0.4, 0.5) is 0 Å². The third-order valence-corrected chi connectivity index (χ3v) is 1.99. The Labute approximate surface area is 75.6 Å². The van der Waals surface area contributed by atoms with Crippen molar-refractivity contribution in [3.63, 3.8) is 0 Å². The van der Waals surface area contributed by atoms with Gasteiger partial charge in [0.15, 0.2) is 11.4 Å². The number of hydrogen-bond acceptors (Lipinski definition) is 3. The van der Waals surface area contributed by atoms with E-state index >= 15 is 0 Å². The minimum absolute atomic E-state index is 0.119. The van der Waals surface area contributed by atoms with Crippen LogP contribution in [-0.4, -0.2) is 13.2 Å². The number of halogens is 1. The van der Waals surface area contributed by atoms with Crippen molar-refractivity contribution >= 4 is 11.6 Å². The number of furan rings is 1. The molecule has 2 heterocycles. The molecule has 2 rings (SSSR count). The molecule has 1 N–H and O–H groups in total. The van der Waals surface area contributed by atoms with Gasteiger partial charge in [-0.05, 0) is 30.2 Å². The number of ether oxygens (including phenoxy) is 1. The predicted molar refractivity (Wildman–Crippen MR) is 45.0 cm³/mol. The first-order chi connectivity index (χ1) is 5.86. The van der Waals surface area contributed by atoms with Gasteiger partial charge in [-0.2, -0.15) is 0 Å². The third-order valence-electron chi connectivity index (χ3n) is 1.79. The Morgan fingerprint density at radius 3 is 3.00 bits per heavy atom. The van der Waals surface area contributed by atoms with E-state index in [-0.39, 0.29) is 6.23 Å². The van der Waals surface area contributed by atoms with E-state index < -0.39 is 0 Å². The van der Waals surface area contributed by atoms with Crippen LogP contribution in [-0.2, 0) is 4.74 Å². The second kappa shape index (κ2) is 3.47. The summed E-state index contributed by atoms with van der Waals surface area (Å²) < 4.78 is 10.6. The Bertz CT molecular complexity index is 255. The largest absolute Gasteiger partial charge is 0.445 e. The molecule has 66 valence electrons. The van der Waals surface area contributed by atoms with Gasteiger partial charge in [-0.25, -0.2) is 0 Å². The van der Waals surface area contributed by atoms with Crippen molar-refractivity contribution < 1.29 is 9.15 Å². The number of nitrogens with one attached hydrogen (secondary N) is 1. The lowest BCUT2D eigenvalue weighted by Gasteiger charge is -2.21. The molecule has 1 aromatic heterocycles. The van der Waals surface area contributed by atoms with E-state index in [0.29, 0.717) is 5.22 Å². The second-order valence-electron chi connectivity index (χ2n) is 2.70. The zero-order valence-electron chi connectivity index (χ0n) is 6.55. The Kier molecular flexibility index (Phi) is 2.35. The van der Waals surface area contributed by atoms with Crippen LogP contribution in [0.15, 0.2) is 16.5 Å². The fourth-order valence-electron chi connectivity index (χ4n) is 1.22. The predicted octanol–water partition coefficient (Wildman–Crippen LogP) is 1.94. The van der Waals surface area contributed by atoms with Crippen molar-refractivity contribution in [2.24, 2.45) is 0 Å². The maximum absolute atomic E-state index is 5.63. The molecule has 1 aliphatic heterocycles. The van der Waals surface area contributed by atoms with E-state index in [4.69, 9.17) is 20.8 Å². The highest BCUT2D eigenvalue weighted by atomic mass is 35.5. The molecule has 1 fully saturated rings. The summed E-state index contributed by atoms with van der Waals surface area (Å²) in [5.74, 6) is 0.750. The topological polar surface area (TPSA) is 34.4 Å². The molecule has 12 heavy (non-hydrogen) atoms. The Morgan fingerprint density at radius 1 is 1.50 bits per heavy atom. The zero-order chi connectivity index (χ0) is 8.39. The minimum Gasteiger partial charge on any atom is -0.445 e. The molecule has 4 heteroatoms. The summed E-state index contributed by atoms with van der Waals surface area (Å²) in [6, 6.07) is 3.54. The standard InChI is InChI=1S/C8H10ClNO2/c9-7-3-2-6(12-7)8-10-4-1-5-11-8/h2-3,8,10H,1,4-5H2. The van der Waals surface area contributed by atoms with Gasteiger partial charge in [0, 0.05) is 6.54 Å².